The van der Waals surface area contributed by atoms with Crippen LogP contribution in [0.2, 0.25) is 0 Å². The van der Waals surface area contributed by atoms with Gasteiger partial charge in [-0.2, -0.15) is 0 Å². The molecule has 0 bridgehead atoms. The van der Waals surface area contributed by atoms with Gasteiger partial charge in [0.15, 0.2) is 0 Å². The number of rotatable bonds is 5. The quantitative estimate of drug-likeness (QED) is 0.713. The van der Waals surface area contributed by atoms with Crippen LogP contribution in [0, 0.1) is 0 Å². The fourth-order valence-electron chi connectivity index (χ4n) is 1.78. The molecule has 1 amide bonds. The molecule has 0 heterocycles. The Kier molecular flexibility index (Phi) is 5.77. The van der Waals surface area contributed by atoms with Crippen LogP contribution in [0.3, 0.4) is 0 Å². The summed E-state index contributed by atoms with van der Waals surface area (Å²) < 4.78 is 5.37. The van der Waals surface area contributed by atoms with Crippen molar-refractivity contribution in [3.05, 3.63) is 29.8 Å². The largest absolute Gasteiger partial charge is 0.508 e. The number of hydrogen-bond donors (Lipinski definition) is 3. The van der Waals surface area contributed by atoms with Crippen molar-refractivity contribution in [2.75, 3.05) is 0 Å². The van der Waals surface area contributed by atoms with Crippen molar-refractivity contribution in [3.8, 4) is 5.75 Å². The predicted molar refractivity (Wildman–Crippen MR) is 87.9 cm³/mol. The molecule has 0 fully saturated rings. The third-order valence-corrected chi connectivity index (χ3v) is 2.96. The standard InChI is InChI=1S/C17H26N2O4/c1-16(2,3)23-14(21)13(19-15(22)17(4,5)18)10-11-6-8-12(20)9-7-11/h6-9,13,20H,10,18H2,1-5H3,(H,19,22)/t13-/m0/s1. The Hall–Kier alpha value is -2.08. The monoisotopic (exact) mass is 322 g/mol. The summed E-state index contributed by atoms with van der Waals surface area (Å²) in [5.41, 5.74) is 4.80. The van der Waals surface area contributed by atoms with Crippen molar-refractivity contribution in [1.82, 2.24) is 5.32 Å². The minimum absolute atomic E-state index is 0.134. The highest BCUT2D eigenvalue weighted by molar-refractivity contribution is 5.90. The van der Waals surface area contributed by atoms with E-state index in [1.54, 1.807) is 46.8 Å². The summed E-state index contributed by atoms with van der Waals surface area (Å²) in [6, 6.07) is 5.57. The second kappa shape index (κ2) is 7.00. The van der Waals surface area contributed by atoms with Gasteiger partial charge in [0.25, 0.3) is 0 Å². The Balaban J connectivity index is 2.93. The van der Waals surface area contributed by atoms with Gasteiger partial charge in [-0.15, -0.1) is 0 Å². The summed E-state index contributed by atoms with van der Waals surface area (Å²) in [4.78, 5) is 24.5. The molecular formula is C17H26N2O4. The number of nitrogens with two attached hydrogens (primary N) is 1. The summed E-state index contributed by atoms with van der Waals surface area (Å²) in [7, 11) is 0. The molecule has 0 aliphatic heterocycles. The van der Waals surface area contributed by atoms with E-state index in [9.17, 15) is 14.7 Å². The SMILES string of the molecule is CC(C)(C)OC(=O)[C@H](Cc1ccc(O)cc1)NC(=O)C(C)(C)N. The van der Waals surface area contributed by atoms with E-state index in [-0.39, 0.29) is 12.2 Å². The van der Waals surface area contributed by atoms with Gasteiger partial charge in [-0.3, -0.25) is 4.79 Å². The molecule has 1 rings (SSSR count). The highest BCUT2D eigenvalue weighted by Gasteiger charge is 2.31. The molecule has 0 aliphatic rings. The van der Waals surface area contributed by atoms with E-state index in [1.807, 2.05) is 0 Å². The van der Waals surface area contributed by atoms with E-state index in [2.05, 4.69) is 5.32 Å². The smallest absolute Gasteiger partial charge is 0.329 e. The number of benzene rings is 1. The first-order chi connectivity index (χ1) is 10.4. The minimum Gasteiger partial charge on any atom is -0.508 e. The van der Waals surface area contributed by atoms with Crippen molar-refractivity contribution >= 4 is 11.9 Å². The van der Waals surface area contributed by atoms with Crippen molar-refractivity contribution in [2.24, 2.45) is 5.73 Å². The molecule has 0 saturated carbocycles. The van der Waals surface area contributed by atoms with Gasteiger partial charge in [0.05, 0.1) is 5.54 Å². The molecule has 0 unspecified atom stereocenters. The molecule has 4 N–H and O–H groups in total. The fraction of sp³-hybridized carbons (Fsp3) is 0.529. The predicted octanol–water partition coefficient (Wildman–Crippen LogP) is 1.50. The van der Waals surface area contributed by atoms with Gasteiger partial charge in [-0.25, -0.2) is 4.79 Å². The molecule has 0 radical (unpaired) electrons. The molecule has 0 aliphatic carbocycles. The molecule has 23 heavy (non-hydrogen) atoms. The van der Waals surface area contributed by atoms with Crippen LogP contribution in [-0.4, -0.2) is 34.2 Å². The van der Waals surface area contributed by atoms with Crippen molar-refractivity contribution in [2.45, 2.75) is 58.2 Å². The van der Waals surface area contributed by atoms with Gasteiger partial charge in [0.2, 0.25) is 5.91 Å². The number of nitrogens with one attached hydrogen (secondary N) is 1. The van der Waals surface area contributed by atoms with E-state index < -0.39 is 29.1 Å². The van der Waals surface area contributed by atoms with E-state index >= 15 is 0 Å². The van der Waals surface area contributed by atoms with Gasteiger partial charge in [-0.05, 0) is 52.3 Å². The number of aromatic hydroxyl groups is 1. The average Bonchev–Trinajstić information content (AvgIpc) is 2.37. The zero-order chi connectivity index (χ0) is 17.8. The lowest BCUT2D eigenvalue weighted by atomic mass is 10.0. The first kappa shape index (κ1) is 19.0. The number of phenolic OH excluding ortho intramolecular Hbond substituents is 1. The normalized spacial score (nSPS) is 13.3. The van der Waals surface area contributed by atoms with Crippen LogP contribution in [0.5, 0.6) is 5.75 Å². The van der Waals surface area contributed by atoms with E-state index in [1.165, 1.54) is 12.1 Å². The summed E-state index contributed by atoms with van der Waals surface area (Å²) in [5, 5.41) is 12.0. The fourth-order valence-corrected chi connectivity index (χ4v) is 1.78. The number of esters is 1. The zero-order valence-corrected chi connectivity index (χ0v) is 14.3. The molecule has 1 aromatic carbocycles. The van der Waals surface area contributed by atoms with Crippen molar-refractivity contribution in [1.29, 1.82) is 0 Å². The highest BCUT2D eigenvalue weighted by atomic mass is 16.6. The Morgan fingerprint density at radius 3 is 2.13 bits per heavy atom. The van der Waals surface area contributed by atoms with Crippen molar-refractivity contribution < 1.29 is 19.4 Å². The second-order valence-electron chi connectivity index (χ2n) is 7.15. The highest BCUT2D eigenvalue weighted by Crippen LogP contribution is 2.15. The third-order valence-electron chi connectivity index (χ3n) is 2.96. The molecule has 1 atom stereocenters. The van der Waals surface area contributed by atoms with Gasteiger partial charge < -0.3 is 20.9 Å². The van der Waals surface area contributed by atoms with Crippen molar-refractivity contribution in [3.63, 3.8) is 0 Å². The number of amides is 1. The van der Waals surface area contributed by atoms with E-state index in [4.69, 9.17) is 10.5 Å². The first-order valence-corrected chi connectivity index (χ1v) is 7.49. The summed E-state index contributed by atoms with van der Waals surface area (Å²) >= 11 is 0. The van der Waals surface area contributed by atoms with Crippen LogP contribution in [0.4, 0.5) is 0 Å². The maximum atomic E-state index is 12.4. The number of carbonyl (C=O) groups excluding carboxylic acids is 2. The zero-order valence-electron chi connectivity index (χ0n) is 14.3. The molecule has 128 valence electrons. The number of phenols is 1. The molecule has 6 nitrogen and oxygen atoms in total. The van der Waals surface area contributed by atoms with Gasteiger partial charge in [0, 0.05) is 6.42 Å². The van der Waals surface area contributed by atoms with Gasteiger partial charge in [-0.1, -0.05) is 12.1 Å². The maximum absolute atomic E-state index is 12.4. The van der Waals surface area contributed by atoms with Crippen LogP contribution in [0.15, 0.2) is 24.3 Å². The van der Waals surface area contributed by atoms with Gasteiger partial charge in [0.1, 0.15) is 17.4 Å². The molecule has 1 aromatic rings. The summed E-state index contributed by atoms with van der Waals surface area (Å²) in [6.45, 7) is 8.41. The average molecular weight is 322 g/mol. The summed E-state index contributed by atoms with van der Waals surface area (Å²) in [5.74, 6) is -0.829. The second-order valence-corrected chi connectivity index (χ2v) is 7.15. The topological polar surface area (TPSA) is 102 Å². The molecular weight excluding hydrogens is 296 g/mol. The molecule has 0 spiro atoms. The Labute approximate surface area is 137 Å². The van der Waals surface area contributed by atoms with E-state index in [0.29, 0.717) is 0 Å². The molecule has 6 heteroatoms. The Morgan fingerprint density at radius 2 is 1.70 bits per heavy atom. The van der Waals surface area contributed by atoms with Crippen LogP contribution >= 0.6 is 0 Å². The number of carbonyl (C=O) groups is 2. The first-order valence-electron chi connectivity index (χ1n) is 7.49. The third kappa shape index (κ3) is 6.69. The van der Waals surface area contributed by atoms with Crippen LogP contribution in [-0.2, 0) is 20.7 Å². The molecule has 0 saturated heterocycles. The van der Waals surface area contributed by atoms with Crippen LogP contribution < -0.4 is 11.1 Å². The number of ether oxygens (including phenoxy) is 1. The maximum Gasteiger partial charge on any atom is 0.329 e. The minimum atomic E-state index is -1.10. The molecule has 0 aromatic heterocycles. The van der Waals surface area contributed by atoms with Crippen LogP contribution in [0.25, 0.3) is 0 Å². The lowest BCUT2D eigenvalue weighted by Crippen LogP contribution is -2.55. The lowest BCUT2D eigenvalue weighted by Gasteiger charge is -2.27. The number of hydrogen-bond acceptors (Lipinski definition) is 5. The Bertz CT molecular complexity index is 553. The summed E-state index contributed by atoms with van der Waals surface area (Å²) in [6.07, 6.45) is 0.247. The van der Waals surface area contributed by atoms with E-state index in [0.717, 1.165) is 5.56 Å². The van der Waals surface area contributed by atoms with Gasteiger partial charge >= 0.3 is 5.97 Å². The lowest BCUT2D eigenvalue weighted by molar-refractivity contribution is -0.158. The van der Waals surface area contributed by atoms with Crippen LogP contribution in [0.1, 0.15) is 40.2 Å². The Morgan fingerprint density at radius 1 is 1.17 bits per heavy atom.